The zero-order valence-corrected chi connectivity index (χ0v) is 12.6. The van der Waals surface area contributed by atoms with Gasteiger partial charge in [0.05, 0.1) is 32.7 Å². The highest BCUT2D eigenvalue weighted by Gasteiger charge is 2.27. The molecule has 0 unspecified atom stereocenters. The number of nitrogens with one attached hydrogen (secondary N) is 2. The van der Waals surface area contributed by atoms with Crippen LogP contribution in [0.5, 0.6) is 0 Å². The van der Waals surface area contributed by atoms with Gasteiger partial charge < -0.3 is 9.80 Å². The van der Waals surface area contributed by atoms with E-state index in [1.165, 1.54) is 56.3 Å². The van der Waals surface area contributed by atoms with E-state index < -0.39 is 0 Å². The van der Waals surface area contributed by atoms with Gasteiger partial charge in [0.2, 0.25) is 0 Å². The summed E-state index contributed by atoms with van der Waals surface area (Å²) in [6.45, 7) is 10.7. The number of nitrogens with two attached hydrogens (primary N) is 2. The van der Waals surface area contributed by atoms with E-state index in [9.17, 15) is 0 Å². The average Bonchev–Trinajstić information content (AvgIpc) is 2.39. The van der Waals surface area contributed by atoms with Gasteiger partial charge in [0.25, 0.3) is 0 Å². The van der Waals surface area contributed by atoms with Crippen molar-refractivity contribution in [2.45, 2.75) is 39.0 Å². The van der Waals surface area contributed by atoms with Crippen LogP contribution < -0.4 is 21.8 Å². The highest BCUT2D eigenvalue weighted by atomic mass is 15.4. The van der Waals surface area contributed by atoms with Gasteiger partial charge in [0.1, 0.15) is 0 Å². The molecule has 5 heteroatoms. The fourth-order valence-electron chi connectivity index (χ4n) is 3.10. The predicted molar refractivity (Wildman–Crippen MR) is 80.6 cm³/mol. The van der Waals surface area contributed by atoms with Crippen LogP contribution >= 0.6 is 0 Å². The minimum absolute atomic E-state index is 0.320. The van der Waals surface area contributed by atoms with Gasteiger partial charge in [-0.15, -0.1) is 0 Å². The summed E-state index contributed by atoms with van der Waals surface area (Å²) in [7, 11) is 0. The number of guanidine groups is 1. The molecule has 1 rings (SSSR count). The van der Waals surface area contributed by atoms with Gasteiger partial charge in [-0.3, -0.25) is 16.5 Å². The van der Waals surface area contributed by atoms with Crippen molar-refractivity contribution < 1.29 is 9.48 Å². The standard InChI is InChI=1S/C14H32N5/c1-2-10-19(11-4-3-5-12-19)13-9-17-7-6-8-18-14(15)16/h17H,2-13H2,1H3,(H4,15,16,18)/q+1/p+1. The Kier molecular flexibility index (Phi) is 7.82. The molecule has 5 nitrogen and oxygen atoms in total. The number of likely N-dealkylation sites (tertiary alicyclic amines) is 1. The molecule has 0 bridgehead atoms. The fraction of sp³-hybridized carbons (Fsp3) is 0.929. The topological polar surface area (TPSA) is 78.0 Å². The lowest BCUT2D eigenvalue weighted by Crippen LogP contribution is -2.78. The third-order valence-electron chi connectivity index (χ3n) is 4.09. The van der Waals surface area contributed by atoms with Crippen molar-refractivity contribution in [2.75, 3.05) is 45.8 Å². The number of rotatable bonds is 9. The van der Waals surface area contributed by atoms with Crippen molar-refractivity contribution in [3.8, 4) is 0 Å². The summed E-state index contributed by atoms with van der Waals surface area (Å²) < 4.78 is 1.34. The van der Waals surface area contributed by atoms with E-state index in [-0.39, 0.29) is 0 Å². The Hall–Kier alpha value is -0.810. The Morgan fingerprint density at radius 2 is 1.84 bits per heavy atom. The van der Waals surface area contributed by atoms with Gasteiger partial charge in [-0.1, -0.05) is 6.92 Å². The van der Waals surface area contributed by atoms with Gasteiger partial charge in [-0.05, 0) is 38.6 Å². The molecule has 0 atom stereocenters. The average molecular weight is 271 g/mol. The first-order valence-electron chi connectivity index (χ1n) is 7.86. The van der Waals surface area contributed by atoms with Crippen LogP contribution in [0.25, 0.3) is 0 Å². The van der Waals surface area contributed by atoms with Gasteiger partial charge >= 0.3 is 5.96 Å². The molecular formula is C14H33N5+2. The fourth-order valence-corrected chi connectivity index (χ4v) is 3.10. The highest BCUT2D eigenvalue weighted by molar-refractivity contribution is 5.69. The van der Waals surface area contributed by atoms with Crippen molar-refractivity contribution in [3.05, 3.63) is 0 Å². The van der Waals surface area contributed by atoms with Gasteiger partial charge in [0, 0.05) is 6.54 Å². The van der Waals surface area contributed by atoms with Crippen LogP contribution in [0.15, 0.2) is 0 Å². The number of piperidine rings is 1. The number of hydrogen-bond donors (Lipinski definition) is 4. The maximum atomic E-state index is 5.34. The van der Waals surface area contributed by atoms with Crippen molar-refractivity contribution in [1.29, 1.82) is 0 Å². The summed E-state index contributed by atoms with van der Waals surface area (Å²) in [4.78, 5) is 2.94. The molecule has 0 amide bonds. The monoisotopic (exact) mass is 271 g/mol. The molecule has 0 aliphatic carbocycles. The molecule has 112 valence electrons. The van der Waals surface area contributed by atoms with Gasteiger partial charge in [-0.25, -0.2) is 0 Å². The lowest BCUT2D eigenvalue weighted by molar-refractivity contribution is -0.931. The first-order chi connectivity index (χ1) is 9.18. The number of hydrogen-bond acceptors (Lipinski definition) is 1. The number of nitrogens with zero attached hydrogens (tertiary/aromatic N) is 1. The van der Waals surface area contributed by atoms with Crippen LogP contribution in [0.4, 0.5) is 0 Å². The van der Waals surface area contributed by atoms with Crippen LogP contribution in [-0.2, 0) is 0 Å². The Morgan fingerprint density at radius 3 is 2.47 bits per heavy atom. The summed E-state index contributed by atoms with van der Waals surface area (Å²) >= 11 is 0. The molecular weight excluding hydrogens is 238 g/mol. The van der Waals surface area contributed by atoms with E-state index >= 15 is 0 Å². The van der Waals surface area contributed by atoms with E-state index in [0.29, 0.717) is 5.96 Å². The van der Waals surface area contributed by atoms with Crippen LogP contribution in [0.2, 0.25) is 0 Å². The van der Waals surface area contributed by atoms with Crippen LogP contribution in [0, 0.1) is 0 Å². The lowest BCUT2D eigenvalue weighted by atomic mass is 10.1. The minimum atomic E-state index is 0.320. The van der Waals surface area contributed by atoms with Crippen molar-refractivity contribution in [3.63, 3.8) is 0 Å². The second-order valence-electron chi connectivity index (χ2n) is 5.78. The summed E-state index contributed by atoms with van der Waals surface area (Å²) in [6.07, 6.45) is 6.62. The van der Waals surface area contributed by atoms with E-state index in [4.69, 9.17) is 11.5 Å². The first-order valence-corrected chi connectivity index (χ1v) is 7.86. The molecule has 6 N–H and O–H groups in total. The molecule has 1 aliphatic rings. The Balaban J connectivity index is 2.13. The quantitative estimate of drug-likeness (QED) is 0.183. The Bertz CT molecular complexity index is 249. The van der Waals surface area contributed by atoms with E-state index in [0.717, 1.165) is 26.1 Å². The minimum Gasteiger partial charge on any atom is -0.323 e. The zero-order valence-electron chi connectivity index (χ0n) is 12.6. The molecule has 0 aromatic heterocycles. The second-order valence-corrected chi connectivity index (χ2v) is 5.78. The van der Waals surface area contributed by atoms with Gasteiger partial charge in [0.15, 0.2) is 0 Å². The van der Waals surface area contributed by atoms with Crippen LogP contribution in [0.3, 0.4) is 0 Å². The first kappa shape index (κ1) is 16.2. The molecule has 1 heterocycles. The molecule has 1 aliphatic heterocycles. The second kappa shape index (κ2) is 9.15. The summed E-state index contributed by atoms with van der Waals surface area (Å²) in [5.74, 6) is 0.320. The van der Waals surface area contributed by atoms with Crippen LogP contribution in [0.1, 0.15) is 39.0 Å². The predicted octanol–water partition coefficient (Wildman–Crippen LogP) is -1.27. The maximum absolute atomic E-state index is 5.34. The van der Waals surface area contributed by atoms with Crippen molar-refractivity contribution >= 4 is 5.96 Å². The SMILES string of the molecule is CCC[N+]1(CCNCCC[NH+]=C(N)N)CCCCC1. The highest BCUT2D eigenvalue weighted by Crippen LogP contribution is 2.18. The largest absolute Gasteiger partial charge is 0.338 e. The maximum Gasteiger partial charge on any atom is 0.338 e. The van der Waals surface area contributed by atoms with Gasteiger partial charge in [-0.2, -0.15) is 0 Å². The molecule has 0 saturated carbocycles. The lowest BCUT2D eigenvalue weighted by Gasteiger charge is -2.41. The Labute approximate surface area is 118 Å². The van der Waals surface area contributed by atoms with E-state index in [2.05, 4.69) is 17.2 Å². The number of quaternary nitrogens is 1. The molecule has 19 heavy (non-hydrogen) atoms. The zero-order chi connectivity index (χ0) is 14.0. The van der Waals surface area contributed by atoms with Crippen LogP contribution in [-0.4, -0.2) is 56.3 Å². The normalized spacial score (nSPS) is 18.2. The van der Waals surface area contributed by atoms with Crippen molar-refractivity contribution in [2.24, 2.45) is 11.5 Å². The summed E-state index contributed by atoms with van der Waals surface area (Å²) in [5, 5.41) is 3.54. The van der Waals surface area contributed by atoms with E-state index in [1.807, 2.05) is 0 Å². The summed E-state index contributed by atoms with van der Waals surface area (Å²) in [6, 6.07) is 0. The molecule has 0 aromatic rings. The Morgan fingerprint density at radius 1 is 1.11 bits per heavy atom. The molecule has 1 fully saturated rings. The third-order valence-corrected chi connectivity index (χ3v) is 4.09. The van der Waals surface area contributed by atoms with Crippen molar-refractivity contribution in [1.82, 2.24) is 5.32 Å². The third kappa shape index (κ3) is 6.78. The van der Waals surface area contributed by atoms with E-state index in [1.54, 1.807) is 0 Å². The smallest absolute Gasteiger partial charge is 0.323 e. The molecule has 0 spiro atoms. The summed E-state index contributed by atoms with van der Waals surface area (Å²) in [5.41, 5.74) is 10.7. The molecule has 1 saturated heterocycles. The molecule has 0 radical (unpaired) electrons. The molecule has 0 aromatic carbocycles.